The van der Waals surface area contributed by atoms with Crippen molar-refractivity contribution in [2.75, 3.05) is 26.7 Å². The molecular weight excluding hydrogens is 493 g/mol. The van der Waals surface area contributed by atoms with Gasteiger partial charge in [0.2, 0.25) is 0 Å². The lowest BCUT2D eigenvalue weighted by atomic mass is 9.99. The third-order valence-electron chi connectivity index (χ3n) is 5.29. The number of guanidine groups is 1. The van der Waals surface area contributed by atoms with Crippen LogP contribution in [-0.2, 0) is 19.5 Å². The van der Waals surface area contributed by atoms with E-state index in [-0.39, 0.29) is 24.0 Å². The SMILES string of the molecule is CN=C(NCCc1ncc(C)s1)NCc1ccc(CN2CCC(C)CC2)cc1.I. The summed E-state index contributed by atoms with van der Waals surface area (Å²) in [6, 6.07) is 8.97. The highest BCUT2D eigenvalue weighted by Gasteiger charge is 2.15. The lowest BCUT2D eigenvalue weighted by Gasteiger charge is -2.30. The predicted molar refractivity (Wildman–Crippen MR) is 134 cm³/mol. The van der Waals surface area contributed by atoms with Crippen molar-refractivity contribution in [3.8, 4) is 0 Å². The van der Waals surface area contributed by atoms with Crippen molar-refractivity contribution in [2.24, 2.45) is 10.9 Å². The number of aromatic nitrogens is 1. The molecule has 2 heterocycles. The van der Waals surface area contributed by atoms with E-state index in [4.69, 9.17) is 0 Å². The lowest BCUT2D eigenvalue weighted by Crippen LogP contribution is -2.37. The van der Waals surface area contributed by atoms with Gasteiger partial charge in [0.15, 0.2) is 5.96 Å². The van der Waals surface area contributed by atoms with Crippen molar-refractivity contribution >= 4 is 41.3 Å². The van der Waals surface area contributed by atoms with Crippen LogP contribution in [0.5, 0.6) is 0 Å². The monoisotopic (exact) mass is 527 g/mol. The molecule has 2 aromatic rings. The van der Waals surface area contributed by atoms with E-state index in [2.05, 4.69) is 63.6 Å². The van der Waals surface area contributed by atoms with E-state index in [9.17, 15) is 0 Å². The van der Waals surface area contributed by atoms with Gasteiger partial charge in [0, 0.05) is 44.2 Å². The maximum atomic E-state index is 4.40. The van der Waals surface area contributed by atoms with Crippen LogP contribution >= 0.6 is 35.3 Å². The van der Waals surface area contributed by atoms with Gasteiger partial charge in [-0.15, -0.1) is 35.3 Å². The Kier molecular flexibility index (Phi) is 10.4. The number of nitrogens with zero attached hydrogens (tertiary/aromatic N) is 3. The Hall–Kier alpha value is -1.19. The molecule has 0 aliphatic carbocycles. The molecule has 0 saturated carbocycles. The van der Waals surface area contributed by atoms with Crippen LogP contribution in [0.25, 0.3) is 0 Å². The first-order valence-electron chi connectivity index (χ1n) is 10.3. The summed E-state index contributed by atoms with van der Waals surface area (Å²) in [7, 11) is 1.81. The number of hydrogen-bond donors (Lipinski definition) is 2. The first-order chi connectivity index (χ1) is 13.6. The Morgan fingerprint density at radius 3 is 2.48 bits per heavy atom. The van der Waals surface area contributed by atoms with Gasteiger partial charge in [-0.2, -0.15) is 0 Å². The molecule has 1 aliphatic heterocycles. The van der Waals surface area contributed by atoms with Gasteiger partial charge < -0.3 is 10.6 Å². The van der Waals surface area contributed by atoms with Crippen molar-refractivity contribution < 1.29 is 0 Å². The first kappa shape index (κ1) is 24.1. The smallest absolute Gasteiger partial charge is 0.191 e. The van der Waals surface area contributed by atoms with Crippen LogP contribution in [0.15, 0.2) is 35.5 Å². The molecule has 0 radical (unpaired) electrons. The van der Waals surface area contributed by atoms with Gasteiger partial charge in [0.25, 0.3) is 0 Å². The van der Waals surface area contributed by atoms with Crippen molar-refractivity contribution in [1.29, 1.82) is 0 Å². The average Bonchev–Trinajstić information content (AvgIpc) is 3.12. The van der Waals surface area contributed by atoms with Crippen LogP contribution < -0.4 is 10.6 Å². The van der Waals surface area contributed by atoms with Gasteiger partial charge in [-0.05, 0) is 49.9 Å². The molecule has 0 bridgehead atoms. The highest BCUT2D eigenvalue weighted by Crippen LogP contribution is 2.18. The Morgan fingerprint density at radius 1 is 1.17 bits per heavy atom. The van der Waals surface area contributed by atoms with Crippen molar-refractivity contribution in [1.82, 2.24) is 20.5 Å². The second-order valence-electron chi connectivity index (χ2n) is 7.74. The molecule has 160 valence electrons. The van der Waals surface area contributed by atoms with E-state index >= 15 is 0 Å². The standard InChI is InChI=1S/C22H33N5S.HI/c1-17-9-12-27(13-10-17)16-20-6-4-19(5-7-20)15-26-22(23-3)24-11-8-21-25-14-18(2)28-21;/h4-7,14,17H,8-13,15-16H2,1-3H3,(H2,23,24,26);1H. The second-order valence-corrected chi connectivity index (χ2v) is 9.06. The fraction of sp³-hybridized carbons (Fsp3) is 0.545. The molecule has 29 heavy (non-hydrogen) atoms. The first-order valence-corrected chi connectivity index (χ1v) is 11.1. The van der Waals surface area contributed by atoms with Crippen LogP contribution in [0.3, 0.4) is 0 Å². The summed E-state index contributed by atoms with van der Waals surface area (Å²) in [5.74, 6) is 1.72. The van der Waals surface area contributed by atoms with Gasteiger partial charge in [-0.3, -0.25) is 9.89 Å². The second kappa shape index (κ2) is 12.5. The van der Waals surface area contributed by atoms with E-state index in [0.717, 1.165) is 37.9 Å². The molecule has 1 aromatic carbocycles. The van der Waals surface area contributed by atoms with Crippen molar-refractivity contribution in [3.63, 3.8) is 0 Å². The number of likely N-dealkylation sites (tertiary alicyclic amines) is 1. The molecule has 5 nitrogen and oxygen atoms in total. The molecule has 0 amide bonds. The third kappa shape index (κ3) is 8.22. The van der Waals surface area contributed by atoms with Gasteiger partial charge in [0.1, 0.15) is 0 Å². The normalized spacial score (nSPS) is 15.8. The number of benzene rings is 1. The van der Waals surface area contributed by atoms with E-state index in [1.54, 1.807) is 11.3 Å². The molecular formula is C22H34IN5S. The van der Waals surface area contributed by atoms with E-state index in [1.165, 1.54) is 46.9 Å². The molecule has 0 atom stereocenters. The van der Waals surface area contributed by atoms with Crippen molar-refractivity contribution in [2.45, 2.75) is 46.2 Å². The van der Waals surface area contributed by atoms with E-state index < -0.39 is 0 Å². The Labute approximate surface area is 196 Å². The molecule has 2 N–H and O–H groups in total. The molecule has 0 unspecified atom stereocenters. The minimum atomic E-state index is 0. The zero-order valence-corrected chi connectivity index (χ0v) is 20.9. The topological polar surface area (TPSA) is 52.6 Å². The van der Waals surface area contributed by atoms with Crippen LogP contribution in [0.1, 0.15) is 40.8 Å². The highest BCUT2D eigenvalue weighted by molar-refractivity contribution is 14.0. The summed E-state index contributed by atoms with van der Waals surface area (Å²) >= 11 is 1.76. The number of thiazole rings is 1. The summed E-state index contributed by atoms with van der Waals surface area (Å²) in [5, 5.41) is 7.93. The van der Waals surface area contributed by atoms with Crippen LogP contribution in [0, 0.1) is 12.8 Å². The Morgan fingerprint density at radius 2 is 1.86 bits per heavy atom. The van der Waals surface area contributed by atoms with E-state index in [0.29, 0.717) is 0 Å². The summed E-state index contributed by atoms with van der Waals surface area (Å²) < 4.78 is 0. The van der Waals surface area contributed by atoms with Crippen LogP contribution in [0.2, 0.25) is 0 Å². The van der Waals surface area contributed by atoms with Crippen molar-refractivity contribution in [3.05, 3.63) is 51.5 Å². The van der Waals surface area contributed by atoms with Gasteiger partial charge in [-0.25, -0.2) is 4.98 Å². The maximum Gasteiger partial charge on any atom is 0.191 e. The molecule has 1 fully saturated rings. The summed E-state index contributed by atoms with van der Waals surface area (Å²) in [6.45, 7) is 9.59. The molecule has 1 saturated heterocycles. The van der Waals surface area contributed by atoms with Gasteiger partial charge >= 0.3 is 0 Å². The highest BCUT2D eigenvalue weighted by atomic mass is 127. The number of hydrogen-bond acceptors (Lipinski definition) is 4. The molecule has 1 aliphatic rings. The number of aliphatic imine (C=N–C) groups is 1. The molecule has 7 heteroatoms. The number of aryl methyl sites for hydroxylation is 1. The fourth-order valence-electron chi connectivity index (χ4n) is 3.45. The maximum absolute atomic E-state index is 4.40. The largest absolute Gasteiger partial charge is 0.356 e. The number of nitrogens with one attached hydrogen (secondary N) is 2. The Balaban J connectivity index is 0.00000300. The molecule has 3 rings (SSSR count). The van der Waals surface area contributed by atoms with Gasteiger partial charge in [0.05, 0.1) is 5.01 Å². The summed E-state index contributed by atoms with van der Waals surface area (Å²) in [5.41, 5.74) is 2.68. The Bertz CT molecular complexity index is 751. The summed E-state index contributed by atoms with van der Waals surface area (Å²) in [4.78, 5) is 12.5. The molecule has 0 spiro atoms. The van der Waals surface area contributed by atoms with Crippen LogP contribution in [-0.4, -0.2) is 42.5 Å². The quantitative estimate of drug-likeness (QED) is 0.322. The lowest BCUT2D eigenvalue weighted by molar-refractivity contribution is 0.185. The third-order valence-corrected chi connectivity index (χ3v) is 6.26. The number of rotatable bonds is 7. The fourth-order valence-corrected chi connectivity index (χ4v) is 4.24. The number of piperidine rings is 1. The predicted octanol–water partition coefficient (Wildman–Crippen LogP) is 4.21. The number of halogens is 1. The average molecular weight is 528 g/mol. The minimum absolute atomic E-state index is 0. The molecule has 1 aromatic heterocycles. The zero-order chi connectivity index (χ0) is 19.8. The zero-order valence-electron chi connectivity index (χ0n) is 17.8. The van der Waals surface area contributed by atoms with Gasteiger partial charge in [-0.1, -0.05) is 31.2 Å². The van der Waals surface area contributed by atoms with Crippen LogP contribution in [0.4, 0.5) is 0 Å². The summed E-state index contributed by atoms with van der Waals surface area (Å²) in [6.07, 6.45) is 5.51. The van der Waals surface area contributed by atoms with E-state index in [1.807, 2.05) is 13.2 Å². The minimum Gasteiger partial charge on any atom is -0.356 e.